The second kappa shape index (κ2) is 7.55. The average Bonchev–Trinajstić information content (AvgIpc) is 2.55. The summed E-state index contributed by atoms with van der Waals surface area (Å²) in [6.45, 7) is 3.87. The third-order valence-electron chi connectivity index (χ3n) is 2.62. The van der Waals surface area contributed by atoms with Gasteiger partial charge in [-0.05, 0) is 18.7 Å². The van der Waals surface area contributed by atoms with Crippen LogP contribution >= 0.6 is 11.8 Å². The van der Waals surface area contributed by atoms with Crippen LogP contribution in [-0.2, 0) is 14.3 Å². The number of hydrogen-bond acceptors (Lipinski definition) is 5. The van der Waals surface area contributed by atoms with Gasteiger partial charge in [-0.2, -0.15) is 11.8 Å². The molecule has 1 aliphatic heterocycles. The Morgan fingerprint density at radius 1 is 1.41 bits per heavy atom. The van der Waals surface area contributed by atoms with Gasteiger partial charge in [-0.1, -0.05) is 0 Å². The van der Waals surface area contributed by atoms with E-state index >= 15 is 0 Å². The highest BCUT2D eigenvalue weighted by Gasteiger charge is 2.23. The van der Waals surface area contributed by atoms with Crippen molar-refractivity contribution in [1.82, 2.24) is 10.2 Å². The molecule has 1 rings (SSSR count). The number of nitrogens with zero attached hydrogens (tertiary/aromatic N) is 1. The zero-order valence-electron chi connectivity index (χ0n) is 10.4. The van der Waals surface area contributed by atoms with Crippen LogP contribution in [0.5, 0.6) is 0 Å². The van der Waals surface area contributed by atoms with E-state index in [-0.39, 0.29) is 11.9 Å². The molecule has 0 radical (unpaired) electrons. The molecular formula is C11H20N2O3S. The monoisotopic (exact) mass is 260 g/mol. The van der Waals surface area contributed by atoms with Crippen LogP contribution in [0, 0.1) is 0 Å². The van der Waals surface area contributed by atoms with Crippen molar-refractivity contribution in [2.45, 2.75) is 19.4 Å². The van der Waals surface area contributed by atoms with E-state index in [9.17, 15) is 9.59 Å². The zero-order valence-corrected chi connectivity index (χ0v) is 11.2. The van der Waals surface area contributed by atoms with E-state index in [0.717, 1.165) is 25.3 Å². The molecule has 0 bridgehead atoms. The summed E-state index contributed by atoms with van der Waals surface area (Å²) < 4.78 is 4.70. The minimum Gasteiger partial charge on any atom is -0.467 e. The lowest BCUT2D eigenvalue weighted by atomic mass is 10.2. The maximum absolute atomic E-state index is 11.5. The fourth-order valence-corrected chi connectivity index (χ4v) is 2.73. The van der Waals surface area contributed by atoms with Crippen LogP contribution in [0.3, 0.4) is 0 Å². The van der Waals surface area contributed by atoms with E-state index < -0.39 is 6.04 Å². The molecule has 1 fully saturated rings. The smallest absolute Gasteiger partial charge is 0.329 e. The van der Waals surface area contributed by atoms with Crippen molar-refractivity contribution in [1.29, 1.82) is 0 Å². The Balaban J connectivity index is 2.51. The van der Waals surface area contributed by atoms with Gasteiger partial charge in [0.05, 0.1) is 7.11 Å². The van der Waals surface area contributed by atoms with Crippen LogP contribution in [-0.4, -0.2) is 61.1 Å². The largest absolute Gasteiger partial charge is 0.467 e. The van der Waals surface area contributed by atoms with Crippen molar-refractivity contribution in [3.05, 3.63) is 0 Å². The number of carbonyl (C=O) groups excluding carboxylic acids is 2. The van der Waals surface area contributed by atoms with Gasteiger partial charge in [-0.3, -0.25) is 9.69 Å². The Labute approximate surface area is 106 Å². The molecule has 17 heavy (non-hydrogen) atoms. The lowest BCUT2D eigenvalue weighted by Gasteiger charge is -2.24. The van der Waals surface area contributed by atoms with Crippen molar-refractivity contribution in [2.75, 3.05) is 38.2 Å². The van der Waals surface area contributed by atoms with Crippen molar-refractivity contribution >= 4 is 23.6 Å². The quantitative estimate of drug-likeness (QED) is 0.727. The van der Waals surface area contributed by atoms with Crippen molar-refractivity contribution < 1.29 is 14.3 Å². The molecule has 98 valence electrons. The topological polar surface area (TPSA) is 58.6 Å². The number of rotatable bonds is 4. The molecule has 0 spiro atoms. The van der Waals surface area contributed by atoms with Crippen molar-refractivity contribution in [2.24, 2.45) is 0 Å². The van der Waals surface area contributed by atoms with E-state index in [1.54, 1.807) is 0 Å². The van der Waals surface area contributed by atoms with Gasteiger partial charge in [0.1, 0.15) is 6.04 Å². The Bertz CT molecular complexity index is 265. The highest BCUT2D eigenvalue weighted by atomic mass is 32.2. The molecule has 1 N–H and O–H groups in total. The molecule has 5 nitrogen and oxygen atoms in total. The van der Waals surface area contributed by atoms with Crippen LogP contribution in [0.25, 0.3) is 0 Å². The minimum atomic E-state index is -0.555. The summed E-state index contributed by atoms with van der Waals surface area (Å²) >= 11 is 1.93. The fourth-order valence-electron chi connectivity index (χ4n) is 1.81. The summed E-state index contributed by atoms with van der Waals surface area (Å²) in [5.41, 5.74) is 0. The number of nitrogens with one attached hydrogen (secondary N) is 1. The highest BCUT2D eigenvalue weighted by Crippen LogP contribution is 2.10. The third kappa shape index (κ3) is 5.41. The normalized spacial score (nSPS) is 19.2. The van der Waals surface area contributed by atoms with Gasteiger partial charge < -0.3 is 10.1 Å². The average molecular weight is 260 g/mol. The second-order valence-electron chi connectivity index (χ2n) is 4.04. The lowest BCUT2D eigenvalue weighted by Crippen LogP contribution is -2.48. The first kappa shape index (κ1) is 14.3. The van der Waals surface area contributed by atoms with Gasteiger partial charge in [0, 0.05) is 25.8 Å². The maximum Gasteiger partial charge on any atom is 0.329 e. The Kier molecular flexibility index (Phi) is 6.36. The first-order chi connectivity index (χ1) is 8.13. The van der Waals surface area contributed by atoms with E-state index in [4.69, 9.17) is 4.74 Å². The standard InChI is InChI=1S/C11H20N2O3S/c1-9(14)12-10(11(15)16-2)8-13-4-3-6-17-7-5-13/h10H,3-8H2,1-2H3,(H,12,14). The number of ether oxygens (including phenoxy) is 1. The number of carbonyl (C=O) groups is 2. The first-order valence-corrected chi connectivity index (χ1v) is 6.94. The molecule has 1 saturated heterocycles. The summed E-state index contributed by atoms with van der Waals surface area (Å²) in [5, 5.41) is 2.64. The number of methoxy groups -OCH3 is 1. The van der Waals surface area contributed by atoms with Crippen molar-refractivity contribution in [3.63, 3.8) is 0 Å². The SMILES string of the molecule is COC(=O)C(CN1CCCSCC1)NC(C)=O. The molecule has 0 saturated carbocycles. The van der Waals surface area contributed by atoms with Gasteiger partial charge in [0.15, 0.2) is 0 Å². The van der Waals surface area contributed by atoms with Crippen LogP contribution < -0.4 is 5.32 Å². The minimum absolute atomic E-state index is 0.204. The summed E-state index contributed by atoms with van der Waals surface area (Å²) in [6.07, 6.45) is 1.12. The third-order valence-corrected chi connectivity index (χ3v) is 3.67. The van der Waals surface area contributed by atoms with E-state index in [1.807, 2.05) is 11.8 Å². The molecule has 1 aliphatic rings. The predicted octanol–water partition coefficient (Wildman–Crippen LogP) is 0.103. The number of amides is 1. The summed E-state index contributed by atoms with van der Waals surface area (Å²) in [7, 11) is 1.34. The van der Waals surface area contributed by atoms with E-state index in [0.29, 0.717) is 6.54 Å². The van der Waals surface area contributed by atoms with Gasteiger partial charge in [-0.25, -0.2) is 4.79 Å². The summed E-state index contributed by atoms with van der Waals surface area (Å²) in [4.78, 5) is 24.8. The number of esters is 1. The Morgan fingerprint density at radius 3 is 2.82 bits per heavy atom. The van der Waals surface area contributed by atoms with Gasteiger partial charge in [0.2, 0.25) is 5.91 Å². The van der Waals surface area contributed by atoms with E-state index in [1.165, 1.54) is 19.8 Å². The van der Waals surface area contributed by atoms with Crippen molar-refractivity contribution in [3.8, 4) is 0 Å². The molecule has 0 aromatic carbocycles. The molecule has 1 atom stereocenters. The Morgan fingerprint density at radius 2 is 2.18 bits per heavy atom. The molecular weight excluding hydrogens is 240 g/mol. The Hall–Kier alpha value is -0.750. The zero-order chi connectivity index (χ0) is 12.7. The lowest BCUT2D eigenvalue weighted by molar-refractivity contribution is -0.145. The molecule has 0 aliphatic carbocycles. The number of thioether (sulfide) groups is 1. The van der Waals surface area contributed by atoms with Crippen LogP contribution in [0.2, 0.25) is 0 Å². The molecule has 1 amide bonds. The second-order valence-corrected chi connectivity index (χ2v) is 5.27. The summed E-state index contributed by atoms with van der Waals surface area (Å²) in [5.74, 6) is 1.66. The van der Waals surface area contributed by atoms with Crippen LogP contribution in [0.1, 0.15) is 13.3 Å². The van der Waals surface area contributed by atoms with Crippen LogP contribution in [0.15, 0.2) is 0 Å². The molecule has 0 aromatic rings. The molecule has 6 heteroatoms. The predicted molar refractivity (Wildman–Crippen MR) is 68.0 cm³/mol. The molecule has 1 heterocycles. The van der Waals surface area contributed by atoms with Gasteiger partial charge >= 0.3 is 5.97 Å². The molecule has 0 aromatic heterocycles. The first-order valence-electron chi connectivity index (χ1n) is 5.78. The fraction of sp³-hybridized carbons (Fsp3) is 0.818. The summed E-state index contributed by atoms with van der Waals surface area (Å²) in [6, 6.07) is -0.555. The maximum atomic E-state index is 11.5. The number of hydrogen-bond donors (Lipinski definition) is 1. The van der Waals surface area contributed by atoms with Crippen LogP contribution in [0.4, 0.5) is 0 Å². The van der Waals surface area contributed by atoms with Gasteiger partial charge in [0.25, 0.3) is 0 Å². The molecule has 1 unspecified atom stereocenters. The van der Waals surface area contributed by atoms with Gasteiger partial charge in [-0.15, -0.1) is 0 Å². The highest BCUT2D eigenvalue weighted by molar-refractivity contribution is 7.99. The van der Waals surface area contributed by atoms with E-state index in [2.05, 4.69) is 10.2 Å².